The van der Waals surface area contributed by atoms with E-state index in [9.17, 15) is 4.79 Å². The first-order valence-corrected chi connectivity index (χ1v) is 8.25. The monoisotopic (exact) mass is 426 g/mol. The first-order chi connectivity index (χ1) is 12.0. The number of hydrazone groups is 1. The van der Waals surface area contributed by atoms with E-state index in [1.54, 1.807) is 30.3 Å². The SMILES string of the molecule is COc1cc(Cl)c(/C=N\NC(=O)c2cc(Br)ccc2OC)cc1OC. The number of hydrogen-bond acceptors (Lipinski definition) is 5. The lowest BCUT2D eigenvalue weighted by Gasteiger charge is -2.09. The lowest BCUT2D eigenvalue weighted by atomic mass is 10.2. The van der Waals surface area contributed by atoms with E-state index in [1.807, 2.05) is 0 Å². The molecular weight excluding hydrogens is 412 g/mol. The first kappa shape index (κ1) is 19.1. The quantitative estimate of drug-likeness (QED) is 0.561. The smallest absolute Gasteiger partial charge is 0.275 e. The molecule has 25 heavy (non-hydrogen) atoms. The molecule has 0 unspecified atom stereocenters. The van der Waals surface area contributed by atoms with Crippen molar-refractivity contribution in [2.75, 3.05) is 21.3 Å². The fraction of sp³-hybridized carbons (Fsp3) is 0.176. The molecule has 2 aromatic carbocycles. The molecule has 2 rings (SSSR count). The fourth-order valence-corrected chi connectivity index (χ4v) is 2.61. The lowest BCUT2D eigenvalue weighted by molar-refractivity contribution is 0.0952. The molecule has 0 spiro atoms. The number of carbonyl (C=O) groups is 1. The molecule has 6 nitrogen and oxygen atoms in total. The van der Waals surface area contributed by atoms with Crippen LogP contribution in [-0.2, 0) is 0 Å². The third-order valence-electron chi connectivity index (χ3n) is 3.28. The maximum Gasteiger partial charge on any atom is 0.275 e. The molecule has 0 fully saturated rings. The Labute approximate surface area is 158 Å². The summed E-state index contributed by atoms with van der Waals surface area (Å²) < 4.78 is 16.3. The molecule has 1 amide bonds. The van der Waals surface area contributed by atoms with Crippen molar-refractivity contribution in [1.82, 2.24) is 5.43 Å². The van der Waals surface area contributed by atoms with Gasteiger partial charge in [-0.2, -0.15) is 5.10 Å². The molecule has 2 aromatic rings. The largest absolute Gasteiger partial charge is 0.496 e. The van der Waals surface area contributed by atoms with Crippen molar-refractivity contribution in [3.63, 3.8) is 0 Å². The summed E-state index contributed by atoms with van der Waals surface area (Å²) in [6.45, 7) is 0. The van der Waals surface area contributed by atoms with E-state index in [0.29, 0.717) is 33.4 Å². The van der Waals surface area contributed by atoms with Gasteiger partial charge in [0.25, 0.3) is 5.91 Å². The van der Waals surface area contributed by atoms with Crippen molar-refractivity contribution in [3.8, 4) is 17.2 Å². The van der Waals surface area contributed by atoms with E-state index in [2.05, 4.69) is 26.5 Å². The summed E-state index contributed by atoms with van der Waals surface area (Å²) in [5.41, 5.74) is 3.37. The third kappa shape index (κ3) is 4.64. The van der Waals surface area contributed by atoms with Gasteiger partial charge in [-0.25, -0.2) is 5.43 Å². The second-order valence-corrected chi connectivity index (χ2v) is 6.10. The highest BCUT2D eigenvalue weighted by Gasteiger charge is 2.12. The number of hydrogen-bond donors (Lipinski definition) is 1. The van der Waals surface area contributed by atoms with Gasteiger partial charge in [-0.1, -0.05) is 27.5 Å². The molecule has 0 atom stereocenters. The average molecular weight is 428 g/mol. The number of nitrogens with one attached hydrogen (secondary N) is 1. The standard InChI is InChI=1S/C17H16BrClN2O4/c1-23-14-5-4-11(18)7-12(14)17(22)21-20-9-10-6-15(24-2)16(25-3)8-13(10)19/h4-9H,1-3H3,(H,21,22)/b20-9-. The molecule has 0 aromatic heterocycles. The molecule has 0 aliphatic heterocycles. The van der Waals surface area contributed by atoms with Crippen LogP contribution in [0.1, 0.15) is 15.9 Å². The van der Waals surface area contributed by atoms with E-state index in [-0.39, 0.29) is 0 Å². The average Bonchev–Trinajstić information content (AvgIpc) is 2.62. The van der Waals surface area contributed by atoms with Crippen LogP contribution in [0.15, 0.2) is 39.9 Å². The minimum atomic E-state index is -0.411. The number of amides is 1. The molecule has 0 saturated carbocycles. The van der Waals surface area contributed by atoms with Gasteiger partial charge in [0.05, 0.1) is 38.1 Å². The molecule has 0 aliphatic rings. The predicted molar refractivity (Wildman–Crippen MR) is 100 cm³/mol. The van der Waals surface area contributed by atoms with Crippen LogP contribution in [0, 0.1) is 0 Å². The maximum absolute atomic E-state index is 12.3. The van der Waals surface area contributed by atoms with Gasteiger partial charge in [-0.05, 0) is 24.3 Å². The summed E-state index contributed by atoms with van der Waals surface area (Å²) in [6, 6.07) is 8.39. The van der Waals surface area contributed by atoms with Crippen LogP contribution in [0.4, 0.5) is 0 Å². The van der Waals surface area contributed by atoms with Crippen LogP contribution in [0.3, 0.4) is 0 Å². The number of rotatable bonds is 6. The van der Waals surface area contributed by atoms with Crippen molar-refractivity contribution >= 4 is 39.7 Å². The molecule has 1 N–H and O–H groups in total. The summed E-state index contributed by atoms with van der Waals surface area (Å²) >= 11 is 9.49. The number of methoxy groups -OCH3 is 3. The second-order valence-electron chi connectivity index (χ2n) is 4.77. The summed E-state index contributed by atoms with van der Waals surface area (Å²) in [4.78, 5) is 12.3. The highest BCUT2D eigenvalue weighted by atomic mass is 79.9. The van der Waals surface area contributed by atoms with Crippen LogP contribution in [-0.4, -0.2) is 33.5 Å². The fourth-order valence-electron chi connectivity index (χ4n) is 2.05. The van der Waals surface area contributed by atoms with E-state index >= 15 is 0 Å². The van der Waals surface area contributed by atoms with Crippen LogP contribution < -0.4 is 19.6 Å². The second kappa shape index (κ2) is 8.73. The Kier molecular flexibility index (Phi) is 6.66. The van der Waals surface area contributed by atoms with Gasteiger partial charge in [0.2, 0.25) is 0 Å². The Morgan fingerprint density at radius 1 is 1.08 bits per heavy atom. The van der Waals surface area contributed by atoms with Gasteiger partial charge in [0, 0.05) is 16.1 Å². The number of halogens is 2. The highest BCUT2D eigenvalue weighted by Crippen LogP contribution is 2.32. The van der Waals surface area contributed by atoms with Crippen molar-refractivity contribution < 1.29 is 19.0 Å². The van der Waals surface area contributed by atoms with Crippen LogP contribution in [0.5, 0.6) is 17.2 Å². The molecule has 0 heterocycles. The van der Waals surface area contributed by atoms with Crippen molar-refractivity contribution in [3.05, 3.63) is 51.0 Å². The van der Waals surface area contributed by atoms with Crippen molar-refractivity contribution in [1.29, 1.82) is 0 Å². The molecule has 132 valence electrons. The summed E-state index contributed by atoms with van der Waals surface area (Å²) in [5, 5.41) is 4.35. The topological polar surface area (TPSA) is 69.2 Å². The Morgan fingerprint density at radius 2 is 1.72 bits per heavy atom. The molecule has 0 aliphatic carbocycles. The molecular formula is C17H16BrClN2O4. The van der Waals surface area contributed by atoms with Crippen LogP contribution >= 0.6 is 27.5 Å². The summed E-state index contributed by atoms with van der Waals surface area (Å²) in [5.74, 6) is 1.05. The minimum absolute atomic E-state index is 0.354. The van der Waals surface area contributed by atoms with Crippen LogP contribution in [0.2, 0.25) is 5.02 Å². The first-order valence-electron chi connectivity index (χ1n) is 7.08. The van der Waals surface area contributed by atoms with E-state index in [1.165, 1.54) is 27.5 Å². The highest BCUT2D eigenvalue weighted by molar-refractivity contribution is 9.10. The number of benzene rings is 2. The Hall–Kier alpha value is -2.25. The van der Waals surface area contributed by atoms with E-state index in [4.69, 9.17) is 25.8 Å². The van der Waals surface area contributed by atoms with Crippen molar-refractivity contribution in [2.24, 2.45) is 5.10 Å². The van der Waals surface area contributed by atoms with E-state index in [0.717, 1.165) is 4.47 Å². The zero-order valence-corrected chi connectivity index (χ0v) is 16.1. The third-order valence-corrected chi connectivity index (χ3v) is 4.10. The van der Waals surface area contributed by atoms with Gasteiger partial charge in [-0.3, -0.25) is 4.79 Å². The number of ether oxygens (including phenoxy) is 3. The Morgan fingerprint density at radius 3 is 2.36 bits per heavy atom. The lowest BCUT2D eigenvalue weighted by Crippen LogP contribution is -2.18. The summed E-state index contributed by atoms with van der Waals surface area (Å²) in [6.07, 6.45) is 1.42. The van der Waals surface area contributed by atoms with Crippen LogP contribution in [0.25, 0.3) is 0 Å². The minimum Gasteiger partial charge on any atom is -0.496 e. The Bertz CT molecular complexity index is 811. The maximum atomic E-state index is 12.3. The Balaban J connectivity index is 2.18. The van der Waals surface area contributed by atoms with Gasteiger partial charge in [0.1, 0.15) is 5.75 Å². The zero-order valence-electron chi connectivity index (χ0n) is 13.8. The number of nitrogens with zero attached hydrogens (tertiary/aromatic N) is 1. The molecule has 8 heteroatoms. The normalized spacial score (nSPS) is 10.6. The van der Waals surface area contributed by atoms with Gasteiger partial charge in [-0.15, -0.1) is 0 Å². The zero-order chi connectivity index (χ0) is 18.4. The van der Waals surface area contributed by atoms with Gasteiger partial charge >= 0.3 is 0 Å². The van der Waals surface area contributed by atoms with Gasteiger partial charge < -0.3 is 14.2 Å². The molecule has 0 radical (unpaired) electrons. The van der Waals surface area contributed by atoms with Crippen molar-refractivity contribution in [2.45, 2.75) is 0 Å². The van der Waals surface area contributed by atoms with E-state index < -0.39 is 5.91 Å². The number of carbonyl (C=O) groups excluding carboxylic acids is 1. The molecule has 0 bridgehead atoms. The summed E-state index contributed by atoms with van der Waals surface area (Å²) in [7, 11) is 4.54. The predicted octanol–water partition coefficient (Wildman–Crippen LogP) is 3.89. The van der Waals surface area contributed by atoms with Gasteiger partial charge in [0.15, 0.2) is 11.5 Å². The molecule has 0 saturated heterocycles.